The number of halogens is 1. The minimum absolute atomic E-state index is 0.0278. The Kier molecular flexibility index (Phi) is 4.43. The van der Waals surface area contributed by atoms with Crippen molar-refractivity contribution in [2.75, 3.05) is 6.54 Å². The smallest absolute Gasteiger partial charge is 0.249 e. The van der Waals surface area contributed by atoms with E-state index in [9.17, 15) is 9.59 Å². The number of rotatable bonds is 5. The summed E-state index contributed by atoms with van der Waals surface area (Å²) >= 11 is 5.59. The van der Waals surface area contributed by atoms with Crippen molar-refractivity contribution in [1.29, 1.82) is 0 Å². The molecule has 112 valence electrons. The summed E-state index contributed by atoms with van der Waals surface area (Å²) in [6, 6.07) is -0.387. The van der Waals surface area contributed by atoms with Gasteiger partial charge in [-0.1, -0.05) is 31.5 Å². The Morgan fingerprint density at radius 3 is 2.60 bits per heavy atom. The molecule has 1 heterocycles. The van der Waals surface area contributed by atoms with E-state index in [1.165, 1.54) is 5.54 Å². The van der Waals surface area contributed by atoms with Crippen LogP contribution in [-0.4, -0.2) is 34.8 Å². The lowest BCUT2D eigenvalue weighted by atomic mass is 9.87. The largest absolute Gasteiger partial charge is 0.340 e. The standard InChI is InChI=1S/C15H23ClN2O2/c1-10(2)9-12-13(19)17-15(3,11-5-6-11)14(20)18(12)8-4-7-16/h4,7,10-12H,5-6,8-9H2,1-3H3,(H,17,19)/b7-4+. The molecule has 1 N–H and O–H groups in total. The van der Waals surface area contributed by atoms with Crippen LogP contribution in [-0.2, 0) is 9.59 Å². The number of hydrogen-bond donors (Lipinski definition) is 1. The van der Waals surface area contributed by atoms with Gasteiger partial charge in [0.05, 0.1) is 0 Å². The van der Waals surface area contributed by atoms with Crippen molar-refractivity contribution in [2.45, 2.75) is 51.6 Å². The first kappa shape index (κ1) is 15.4. The van der Waals surface area contributed by atoms with Gasteiger partial charge < -0.3 is 10.2 Å². The summed E-state index contributed by atoms with van der Waals surface area (Å²) in [5, 5.41) is 2.98. The number of carbonyl (C=O) groups is 2. The van der Waals surface area contributed by atoms with Gasteiger partial charge >= 0.3 is 0 Å². The van der Waals surface area contributed by atoms with Gasteiger partial charge in [-0.15, -0.1) is 0 Å². The Morgan fingerprint density at radius 2 is 2.10 bits per heavy atom. The van der Waals surface area contributed by atoms with Crippen LogP contribution in [0.25, 0.3) is 0 Å². The van der Waals surface area contributed by atoms with E-state index in [2.05, 4.69) is 19.2 Å². The van der Waals surface area contributed by atoms with Crippen LogP contribution in [0.4, 0.5) is 0 Å². The van der Waals surface area contributed by atoms with E-state index in [1.54, 1.807) is 11.0 Å². The Morgan fingerprint density at radius 1 is 1.45 bits per heavy atom. The highest BCUT2D eigenvalue weighted by molar-refractivity contribution is 6.25. The second-order valence-electron chi connectivity index (χ2n) is 6.43. The third kappa shape index (κ3) is 2.85. The highest BCUT2D eigenvalue weighted by atomic mass is 35.5. The lowest BCUT2D eigenvalue weighted by Crippen LogP contribution is -2.70. The summed E-state index contributed by atoms with van der Waals surface area (Å²) in [7, 11) is 0. The monoisotopic (exact) mass is 298 g/mol. The molecule has 2 unspecified atom stereocenters. The number of amides is 2. The van der Waals surface area contributed by atoms with E-state index in [0.29, 0.717) is 18.9 Å². The Bertz CT molecular complexity index is 432. The molecule has 0 spiro atoms. The number of piperazine rings is 1. The molecule has 2 amide bonds. The summed E-state index contributed by atoms with van der Waals surface area (Å²) < 4.78 is 0. The zero-order chi connectivity index (χ0) is 14.9. The van der Waals surface area contributed by atoms with E-state index >= 15 is 0 Å². The van der Waals surface area contributed by atoms with Crippen molar-refractivity contribution in [1.82, 2.24) is 10.2 Å². The molecule has 0 bridgehead atoms. The van der Waals surface area contributed by atoms with Gasteiger partial charge in [-0.2, -0.15) is 0 Å². The second kappa shape index (κ2) is 5.76. The topological polar surface area (TPSA) is 49.4 Å². The number of nitrogens with zero attached hydrogens (tertiary/aromatic N) is 1. The first-order valence-electron chi connectivity index (χ1n) is 7.28. The van der Waals surface area contributed by atoms with Gasteiger partial charge in [-0.3, -0.25) is 9.59 Å². The predicted octanol–water partition coefficient (Wildman–Crippen LogP) is 2.28. The summed E-state index contributed by atoms with van der Waals surface area (Å²) in [5.41, 5.74) is 0.672. The Balaban J connectivity index is 2.25. The molecule has 0 aromatic heterocycles. The van der Waals surface area contributed by atoms with Crippen molar-refractivity contribution in [3.63, 3.8) is 0 Å². The van der Waals surface area contributed by atoms with Crippen LogP contribution in [0, 0.1) is 11.8 Å². The molecule has 4 nitrogen and oxygen atoms in total. The highest BCUT2D eigenvalue weighted by Gasteiger charge is 2.54. The van der Waals surface area contributed by atoms with E-state index in [0.717, 1.165) is 12.8 Å². The van der Waals surface area contributed by atoms with Crippen molar-refractivity contribution in [2.24, 2.45) is 11.8 Å². The van der Waals surface area contributed by atoms with Gasteiger partial charge in [-0.25, -0.2) is 0 Å². The quantitative estimate of drug-likeness (QED) is 0.846. The van der Waals surface area contributed by atoms with Crippen molar-refractivity contribution in [3.8, 4) is 0 Å². The maximum atomic E-state index is 12.8. The number of carbonyl (C=O) groups excluding carboxylic acids is 2. The Labute approximate surface area is 125 Å². The van der Waals surface area contributed by atoms with Crippen LogP contribution in [0.1, 0.15) is 40.0 Å². The molecule has 2 fully saturated rings. The summed E-state index contributed by atoms with van der Waals surface area (Å²) in [6.45, 7) is 6.37. The van der Waals surface area contributed by atoms with Crippen LogP contribution >= 0.6 is 11.6 Å². The second-order valence-corrected chi connectivity index (χ2v) is 6.68. The number of hydrogen-bond acceptors (Lipinski definition) is 2. The van der Waals surface area contributed by atoms with Crippen LogP contribution in [0.15, 0.2) is 11.6 Å². The summed E-state index contributed by atoms with van der Waals surface area (Å²) in [4.78, 5) is 26.9. The molecule has 2 aliphatic rings. The van der Waals surface area contributed by atoms with Crippen molar-refractivity contribution >= 4 is 23.4 Å². The van der Waals surface area contributed by atoms with E-state index in [4.69, 9.17) is 11.6 Å². The maximum Gasteiger partial charge on any atom is 0.249 e. The molecule has 0 aromatic rings. The first-order chi connectivity index (χ1) is 9.40. The molecule has 1 saturated carbocycles. The van der Waals surface area contributed by atoms with Gasteiger partial charge in [-0.05, 0) is 38.0 Å². The molecule has 1 aliphatic heterocycles. The molecular weight excluding hydrogens is 276 g/mol. The van der Waals surface area contributed by atoms with Gasteiger partial charge in [0.25, 0.3) is 0 Å². The van der Waals surface area contributed by atoms with E-state index < -0.39 is 5.54 Å². The number of nitrogens with one attached hydrogen (secondary N) is 1. The molecule has 0 radical (unpaired) electrons. The molecule has 1 saturated heterocycles. The fraction of sp³-hybridized carbons (Fsp3) is 0.733. The Hall–Kier alpha value is -1.03. The van der Waals surface area contributed by atoms with Gasteiger partial charge in [0.2, 0.25) is 11.8 Å². The van der Waals surface area contributed by atoms with Crippen LogP contribution in [0.3, 0.4) is 0 Å². The van der Waals surface area contributed by atoms with Crippen LogP contribution in [0.2, 0.25) is 0 Å². The average Bonchev–Trinajstić information content (AvgIpc) is 3.19. The van der Waals surface area contributed by atoms with Crippen LogP contribution in [0.5, 0.6) is 0 Å². The zero-order valence-corrected chi connectivity index (χ0v) is 13.1. The first-order valence-corrected chi connectivity index (χ1v) is 7.72. The summed E-state index contributed by atoms with van der Waals surface area (Å²) in [6.07, 6.45) is 4.42. The minimum atomic E-state index is -0.731. The van der Waals surface area contributed by atoms with Crippen molar-refractivity contribution in [3.05, 3.63) is 11.6 Å². The molecule has 0 aromatic carbocycles. The fourth-order valence-electron chi connectivity index (χ4n) is 2.96. The molecule has 1 aliphatic carbocycles. The van der Waals surface area contributed by atoms with Crippen molar-refractivity contribution < 1.29 is 9.59 Å². The van der Waals surface area contributed by atoms with E-state index in [-0.39, 0.29) is 23.8 Å². The van der Waals surface area contributed by atoms with Gasteiger partial charge in [0.15, 0.2) is 0 Å². The van der Waals surface area contributed by atoms with Crippen LogP contribution < -0.4 is 5.32 Å². The predicted molar refractivity (Wildman–Crippen MR) is 79.2 cm³/mol. The summed E-state index contributed by atoms with van der Waals surface area (Å²) in [5.74, 6) is 0.628. The normalized spacial score (nSPS) is 31.2. The SMILES string of the molecule is CC(C)CC1C(=O)NC(C)(C2CC2)C(=O)N1C/C=C/Cl. The third-order valence-electron chi connectivity index (χ3n) is 4.25. The highest BCUT2D eigenvalue weighted by Crippen LogP contribution is 2.42. The lowest BCUT2D eigenvalue weighted by molar-refractivity contribution is -0.155. The minimum Gasteiger partial charge on any atom is -0.340 e. The fourth-order valence-corrected chi connectivity index (χ4v) is 3.04. The molecular formula is C15H23ClN2O2. The average molecular weight is 299 g/mol. The molecule has 2 atom stereocenters. The third-order valence-corrected chi connectivity index (χ3v) is 4.42. The van der Waals surface area contributed by atoms with Gasteiger partial charge in [0, 0.05) is 12.1 Å². The molecule has 20 heavy (non-hydrogen) atoms. The van der Waals surface area contributed by atoms with Gasteiger partial charge in [0.1, 0.15) is 11.6 Å². The van der Waals surface area contributed by atoms with E-state index in [1.807, 2.05) is 6.92 Å². The maximum absolute atomic E-state index is 12.8. The lowest BCUT2D eigenvalue weighted by Gasteiger charge is -2.45. The molecule has 5 heteroatoms. The zero-order valence-electron chi connectivity index (χ0n) is 12.4. The molecule has 2 rings (SSSR count).